The molecule has 0 unspecified atom stereocenters. The lowest BCUT2D eigenvalue weighted by molar-refractivity contribution is 0.0691. The Morgan fingerprint density at radius 3 is 1.94 bits per heavy atom. The van der Waals surface area contributed by atoms with E-state index in [2.05, 4.69) is 4.98 Å². The number of rotatable bonds is 8. The highest BCUT2D eigenvalue weighted by Gasteiger charge is 2.22. The third kappa shape index (κ3) is 4.65. The standard InChI is InChI=1S/C24H23N3O4S/c1-15-12-20-23(32-15)26-22(21(25-20)24(28)29)27(13-16-4-8-18(30-2)9-5-16)14-17-6-10-19(31-3)11-7-17/h4-12H,13-14H2,1-3H3,(H,28,29). The first-order valence-corrected chi connectivity index (χ1v) is 10.8. The fraction of sp³-hybridized carbons (Fsp3) is 0.208. The number of methoxy groups -OCH3 is 2. The zero-order valence-electron chi connectivity index (χ0n) is 18.0. The molecule has 164 valence electrons. The molecule has 1 N–H and O–H groups in total. The van der Waals surface area contributed by atoms with Gasteiger partial charge in [0.25, 0.3) is 0 Å². The maximum absolute atomic E-state index is 12.1. The Bertz CT molecular complexity index is 1190. The summed E-state index contributed by atoms with van der Waals surface area (Å²) in [5, 5.41) is 9.89. The molecule has 0 bridgehead atoms. The van der Waals surface area contributed by atoms with Crippen LogP contribution in [0.2, 0.25) is 0 Å². The fourth-order valence-electron chi connectivity index (χ4n) is 3.44. The van der Waals surface area contributed by atoms with Crippen LogP contribution in [0.1, 0.15) is 26.5 Å². The van der Waals surface area contributed by atoms with Crippen molar-refractivity contribution >= 4 is 33.5 Å². The third-order valence-electron chi connectivity index (χ3n) is 5.04. The van der Waals surface area contributed by atoms with Gasteiger partial charge in [-0.2, -0.15) is 0 Å². The van der Waals surface area contributed by atoms with Gasteiger partial charge in [0, 0.05) is 18.0 Å². The Kier molecular flexibility index (Phi) is 6.23. The van der Waals surface area contributed by atoms with Gasteiger partial charge in [-0.3, -0.25) is 0 Å². The van der Waals surface area contributed by atoms with E-state index in [1.54, 1.807) is 14.2 Å². The van der Waals surface area contributed by atoms with Crippen molar-refractivity contribution in [2.24, 2.45) is 0 Å². The molecule has 4 rings (SSSR count). The fourth-order valence-corrected chi connectivity index (χ4v) is 4.26. The molecule has 8 heteroatoms. The summed E-state index contributed by atoms with van der Waals surface area (Å²) in [6, 6.07) is 17.2. The molecular formula is C24H23N3O4S. The number of fused-ring (bicyclic) bond motifs is 1. The van der Waals surface area contributed by atoms with Crippen molar-refractivity contribution in [3.63, 3.8) is 0 Å². The first-order chi connectivity index (χ1) is 15.5. The molecule has 0 spiro atoms. The zero-order valence-corrected chi connectivity index (χ0v) is 18.8. The second kappa shape index (κ2) is 9.23. The summed E-state index contributed by atoms with van der Waals surface area (Å²) in [7, 11) is 3.25. The average Bonchev–Trinajstić information content (AvgIpc) is 3.17. The monoisotopic (exact) mass is 449 g/mol. The predicted octanol–water partition coefficient (Wildman–Crippen LogP) is 4.92. The SMILES string of the molecule is COc1ccc(CN(Cc2ccc(OC)cc2)c2nc3sc(C)cc3nc2C(=O)O)cc1. The largest absolute Gasteiger partial charge is 0.497 e. The van der Waals surface area contributed by atoms with Crippen molar-refractivity contribution in [2.75, 3.05) is 19.1 Å². The molecule has 0 saturated carbocycles. The summed E-state index contributed by atoms with van der Waals surface area (Å²) in [5.41, 5.74) is 2.54. The minimum Gasteiger partial charge on any atom is -0.497 e. The highest BCUT2D eigenvalue weighted by molar-refractivity contribution is 7.18. The van der Waals surface area contributed by atoms with Crippen LogP contribution in [-0.2, 0) is 13.1 Å². The van der Waals surface area contributed by atoms with Crippen LogP contribution in [0.3, 0.4) is 0 Å². The van der Waals surface area contributed by atoms with Crippen LogP contribution in [0.5, 0.6) is 11.5 Å². The maximum atomic E-state index is 12.1. The lowest BCUT2D eigenvalue weighted by Gasteiger charge is -2.25. The third-order valence-corrected chi connectivity index (χ3v) is 5.97. The summed E-state index contributed by atoms with van der Waals surface area (Å²) in [6.45, 7) is 2.88. The van der Waals surface area contributed by atoms with Gasteiger partial charge >= 0.3 is 5.97 Å². The summed E-state index contributed by atoms with van der Waals surface area (Å²) in [5.74, 6) is 0.764. The van der Waals surface area contributed by atoms with E-state index >= 15 is 0 Å². The van der Waals surface area contributed by atoms with Gasteiger partial charge in [-0.25, -0.2) is 14.8 Å². The number of aromatic nitrogens is 2. The molecule has 2 aromatic carbocycles. The Morgan fingerprint density at radius 1 is 0.938 bits per heavy atom. The Hall–Kier alpha value is -3.65. The summed E-state index contributed by atoms with van der Waals surface area (Å²) in [4.78, 5) is 24.9. The van der Waals surface area contributed by atoms with E-state index in [9.17, 15) is 9.90 Å². The highest BCUT2D eigenvalue weighted by atomic mass is 32.1. The van der Waals surface area contributed by atoms with Gasteiger partial charge in [0.2, 0.25) is 0 Å². The Morgan fingerprint density at radius 2 is 1.47 bits per heavy atom. The van der Waals surface area contributed by atoms with E-state index in [0.29, 0.717) is 24.4 Å². The van der Waals surface area contributed by atoms with Gasteiger partial charge in [0.15, 0.2) is 11.5 Å². The zero-order chi connectivity index (χ0) is 22.7. The van der Waals surface area contributed by atoms with Crippen molar-refractivity contribution in [1.82, 2.24) is 9.97 Å². The smallest absolute Gasteiger partial charge is 0.358 e. The number of aromatic carboxylic acids is 1. The summed E-state index contributed by atoms with van der Waals surface area (Å²) >= 11 is 1.50. The van der Waals surface area contributed by atoms with Crippen molar-refractivity contribution in [1.29, 1.82) is 0 Å². The molecule has 32 heavy (non-hydrogen) atoms. The van der Waals surface area contributed by atoms with Crippen LogP contribution in [0, 0.1) is 6.92 Å². The molecule has 0 aliphatic carbocycles. The molecular weight excluding hydrogens is 426 g/mol. The van der Waals surface area contributed by atoms with Gasteiger partial charge in [-0.1, -0.05) is 24.3 Å². The molecule has 0 aliphatic heterocycles. The number of anilines is 1. The second-order valence-electron chi connectivity index (χ2n) is 7.30. The first-order valence-electron chi connectivity index (χ1n) is 9.99. The molecule has 2 heterocycles. The lowest BCUT2D eigenvalue weighted by atomic mass is 10.1. The Labute approximate surface area is 189 Å². The quantitative estimate of drug-likeness (QED) is 0.409. The number of carboxylic acids is 1. The van der Waals surface area contributed by atoms with Crippen LogP contribution in [0.4, 0.5) is 5.82 Å². The average molecular weight is 450 g/mol. The topological polar surface area (TPSA) is 84.8 Å². The van der Waals surface area contributed by atoms with Crippen LogP contribution in [-0.4, -0.2) is 35.3 Å². The lowest BCUT2D eigenvalue weighted by Crippen LogP contribution is -2.26. The first kappa shape index (κ1) is 21.6. The summed E-state index contributed by atoms with van der Waals surface area (Å²) < 4.78 is 10.5. The number of nitrogens with zero attached hydrogens (tertiary/aromatic N) is 3. The van der Waals surface area contributed by atoms with Crippen molar-refractivity contribution < 1.29 is 19.4 Å². The molecule has 0 fully saturated rings. The molecule has 0 saturated heterocycles. The highest BCUT2D eigenvalue weighted by Crippen LogP contribution is 2.29. The Balaban J connectivity index is 1.77. The minimum absolute atomic E-state index is 0.0580. The van der Waals surface area contributed by atoms with Crippen molar-refractivity contribution in [3.8, 4) is 11.5 Å². The van der Waals surface area contributed by atoms with Gasteiger partial charge in [0.05, 0.1) is 14.2 Å². The minimum atomic E-state index is -1.10. The number of benzene rings is 2. The second-order valence-corrected chi connectivity index (χ2v) is 8.54. The normalized spacial score (nSPS) is 10.8. The molecule has 0 radical (unpaired) electrons. The van der Waals surface area contributed by atoms with Crippen LogP contribution in [0.15, 0.2) is 54.6 Å². The molecule has 0 amide bonds. The van der Waals surface area contributed by atoms with Gasteiger partial charge in [-0.15, -0.1) is 11.3 Å². The number of thiophene rings is 1. The van der Waals surface area contributed by atoms with Crippen LogP contribution >= 0.6 is 11.3 Å². The van der Waals surface area contributed by atoms with Crippen LogP contribution < -0.4 is 14.4 Å². The van der Waals surface area contributed by atoms with Crippen LogP contribution in [0.25, 0.3) is 10.3 Å². The number of carbonyl (C=O) groups is 1. The number of ether oxygens (including phenoxy) is 2. The van der Waals surface area contributed by atoms with Gasteiger partial charge in [0.1, 0.15) is 21.8 Å². The summed E-state index contributed by atoms with van der Waals surface area (Å²) in [6.07, 6.45) is 0. The number of carboxylic acid groups (broad SMARTS) is 1. The van der Waals surface area contributed by atoms with E-state index in [4.69, 9.17) is 14.5 Å². The molecule has 7 nitrogen and oxygen atoms in total. The molecule has 2 aromatic heterocycles. The van der Waals surface area contributed by atoms with E-state index in [0.717, 1.165) is 32.3 Å². The van der Waals surface area contributed by atoms with E-state index < -0.39 is 5.97 Å². The van der Waals surface area contributed by atoms with Crippen molar-refractivity contribution in [2.45, 2.75) is 20.0 Å². The van der Waals surface area contributed by atoms with Crippen molar-refractivity contribution in [3.05, 3.63) is 76.3 Å². The van der Waals surface area contributed by atoms with Gasteiger partial charge in [-0.05, 0) is 48.4 Å². The molecule has 0 atom stereocenters. The van der Waals surface area contributed by atoms with Gasteiger partial charge < -0.3 is 19.5 Å². The molecule has 0 aliphatic rings. The number of hydrogen-bond acceptors (Lipinski definition) is 7. The predicted molar refractivity (Wildman–Crippen MR) is 125 cm³/mol. The maximum Gasteiger partial charge on any atom is 0.358 e. The van der Waals surface area contributed by atoms with E-state index in [1.165, 1.54) is 11.3 Å². The molecule has 4 aromatic rings. The van der Waals surface area contributed by atoms with E-state index in [-0.39, 0.29) is 5.69 Å². The number of hydrogen-bond donors (Lipinski definition) is 1. The number of aryl methyl sites for hydroxylation is 1. The van der Waals surface area contributed by atoms with E-state index in [1.807, 2.05) is 66.4 Å².